The fourth-order valence-electron chi connectivity index (χ4n) is 1.57. The van der Waals surface area contributed by atoms with E-state index in [1.165, 1.54) is 12.1 Å². The number of anilines is 1. The van der Waals surface area contributed by atoms with Crippen LogP contribution >= 0.6 is 0 Å². The van der Waals surface area contributed by atoms with Gasteiger partial charge in [0.15, 0.2) is 6.61 Å². The van der Waals surface area contributed by atoms with E-state index in [9.17, 15) is 9.59 Å². The maximum absolute atomic E-state index is 11.9. The first-order valence-corrected chi connectivity index (χ1v) is 6.89. The molecule has 1 aromatic rings. The van der Waals surface area contributed by atoms with Gasteiger partial charge in [-0.1, -0.05) is 13.8 Å². The third kappa shape index (κ3) is 6.16. The molecule has 116 valence electrons. The highest BCUT2D eigenvalue weighted by Gasteiger charge is 2.12. The number of nitrogens with one attached hydrogen (secondary N) is 1. The fraction of sp³-hybridized carbons (Fsp3) is 0.467. The number of hydrogen-bond acceptors (Lipinski definition) is 5. The van der Waals surface area contributed by atoms with Gasteiger partial charge in [0.2, 0.25) is 0 Å². The molecule has 0 bridgehead atoms. The molecule has 3 N–H and O–H groups in total. The number of carbonyl (C=O) groups excluding carboxylic acids is 2. The summed E-state index contributed by atoms with van der Waals surface area (Å²) in [4.78, 5) is 23.4. The first kappa shape index (κ1) is 16.8. The van der Waals surface area contributed by atoms with E-state index in [0.29, 0.717) is 30.5 Å². The molecule has 6 nitrogen and oxygen atoms in total. The molecule has 1 amide bonds. The van der Waals surface area contributed by atoms with Crippen LogP contribution in [0.25, 0.3) is 0 Å². The van der Waals surface area contributed by atoms with Crippen LogP contribution < -0.4 is 15.8 Å². The SMILES string of the molecule is CCOc1cc(N)cc(C(=O)OCC(=O)NCC(C)C)c1. The van der Waals surface area contributed by atoms with Gasteiger partial charge in [-0.15, -0.1) is 0 Å². The Bertz CT molecular complexity index is 500. The summed E-state index contributed by atoms with van der Waals surface area (Å²) in [5.41, 5.74) is 6.36. The van der Waals surface area contributed by atoms with E-state index >= 15 is 0 Å². The van der Waals surface area contributed by atoms with E-state index in [-0.39, 0.29) is 18.1 Å². The lowest BCUT2D eigenvalue weighted by atomic mass is 10.2. The van der Waals surface area contributed by atoms with Crippen molar-refractivity contribution in [1.29, 1.82) is 0 Å². The summed E-state index contributed by atoms with van der Waals surface area (Å²) in [5.74, 6) is -0.102. The van der Waals surface area contributed by atoms with E-state index in [1.807, 2.05) is 20.8 Å². The minimum atomic E-state index is -0.608. The molecule has 0 radical (unpaired) electrons. The Balaban J connectivity index is 2.57. The Morgan fingerprint density at radius 2 is 2.00 bits per heavy atom. The lowest BCUT2D eigenvalue weighted by molar-refractivity contribution is -0.124. The number of nitrogens with two attached hydrogens (primary N) is 1. The molecule has 0 unspecified atom stereocenters. The second-order valence-corrected chi connectivity index (χ2v) is 5.00. The maximum atomic E-state index is 11.9. The van der Waals surface area contributed by atoms with Crippen molar-refractivity contribution in [3.8, 4) is 5.75 Å². The summed E-state index contributed by atoms with van der Waals surface area (Å²) in [7, 11) is 0. The quantitative estimate of drug-likeness (QED) is 0.589. The fourth-order valence-corrected chi connectivity index (χ4v) is 1.57. The standard InChI is InChI=1S/C15H22N2O4/c1-4-20-13-6-11(5-12(16)7-13)15(19)21-9-14(18)17-8-10(2)3/h5-7,10H,4,8-9,16H2,1-3H3,(H,17,18). The molecule has 0 fully saturated rings. The molecular weight excluding hydrogens is 272 g/mol. The largest absolute Gasteiger partial charge is 0.494 e. The third-order valence-corrected chi connectivity index (χ3v) is 2.52. The van der Waals surface area contributed by atoms with Crippen molar-refractivity contribution in [3.05, 3.63) is 23.8 Å². The molecule has 0 atom stereocenters. The van der Waals surface area contributed by atoms with Crippen LogP contribution in [-0.4, -0.2) is 31.6 Å². The minimum absolute atomic E-state index is 0.259. The smallest absolute Gasteiger partial charge is 0.338 e. The highest BCUT2D eigenvalue weighted by molar-refractivity contribution is 5.92. The van der Waals surface area contributed by atoms with Crippen molar-refractivity contribution < 1.29 is 19.1 Å². The predicted molar refractivity (Wildman–Crippen MR) is 80.2 cm³/mol. The molecule has 21 heavy (non-hydrogen) atoms. The summed E-state index contributed by atoms with van der Waals surface area (Å²) in [6.07, 6.45) is 0. The van der Waals surface area contributed by atoms with E-state index in [1.54, 1.807) is 6.07 Å². The number of carbonyl (C=O) groups is 2. The van der Waals surface area contributed by atoms with Crippen molar-refractivity contribution in [2.24, 2.45) is 5.92 Å². The molecule has 0 aliphatic rings. The van der Waals surface area contributed by atoms with Gasteiger partial charge in [-0.25, -0.2) is 4.79 Å². The van der Waals surface area contributed by atoms with Gasteiger partial charge in [0, 0.05) is 18.3 Å². The summed E-state index contributed by atoms with van der Waals surface area (Å²) in [5, 5.41) is 2.67. The van der Waals surface area contributed by atoms with Crippen LogP contribution in [0.2, 0.25) is 0 Å². The molecular formula is C15H22N2O4. The van der Waals surface area contributed by atoms with Gasteiger partial charge in [0.1, 0.15) is 5.75 Å². The molecule has 6 heteroatoms. The van der Waals surface area contributed by atoms with Crippen LogP contribution in [0.3, 0.4) is 0 Å². The minimum Gasteiger partial charge on any atom is -0.494 e. The number of hydrogen-bond donors (Lipinski definition) is 2. The molecule has 0 saturated heterocycles. The Morgan fingerprint density at radius 1 is 1.29 bits per heavy atom. The van der Waals surface area contributed by atoms with Gasteiger partial charge in [-0.2, -0.15) is 0 Å². The second-order valence-electron chi connectivity index (χ2n) is 5.00. The van der Waals surface area contributed by atoms with Crippen molar-refractivity contribution in [1.82, 2.24) is 5.32 Å². The highest BCUT2D eigenvalue weighted by Crippen LogP contribution is 2.19. The van der Waals surface area contributed by atoms with Crippen LogP contribution in [0.15, 0.2) is 18.2 Å². The molecule has 0 aromatic heterocycles. The Hall–Kier alpha value is -2.24. The van der Waals surface area contributed by atoms with E-state index in [0.717, 1.165) is 0 Å². The van der Waals surface area contributed by atoms with Crippen LogP contribution in [0.4, 0.5) is 5.69 Å². The van der Waals surface area contributed by atoms with Crippen molar-refractivity contribution in [3.63, 3.8) is 0 Å². The van der Waals surface area contributed by atoms with Crippen LogP contribution in [0.1, 0.15) is 31.1 Å². The zero-order chi connectivity index (χ0) is 15.8. The molecule has 0 saturated carbocycles. The second kappa shape index (κ2) is 8.14. The monoisotopic (exact) mass is 294 g/mol. The molecule has 0 aliphatic carbocycles. The number of nitrogen functional groups attached to an aromatic ring is 1. The molecule has 0 aliphatic heterocycles. The van der Waals surface area contributed by atoms with Gasteiger partial charge in [-0.3, -0.25) is 4.79 Å². The van der Waals surface area contributed by atoms with Crippen molar-refractivity contribution in [2.45, 2.75) is 20.8 Å². The van der Waals surface area contributed by atoms with Crippen molar-refractivity contribution in [2.75, 3.05) is 25.5 Å². The number of amides is 1. The summed E-state index contributed by atoms with van der Waals surface area (Å²) < 4.78 is 10.2. The Morgan fingerprint density at radius 3 is 2.62 bits per heavy atom. The van der Waals surface area contributed by atoms with Gasteiger partial charge in [0.05, 0.1) is 12.2 Å². The van der Waals surface area contributed by atoms with Gasteiger partial charge in [-0.05, 0) is 25.0 Å². The van der Waals surface area contributed by atoms with E-state index in [4.69, 9.17) is 15.2 Å². The molecule has 0 spiro atoms. The summed E-state index contributed by atoms with van der Waals surface area (Å²) >= 11 is 0. The number of benzene rings is 1. The Kier molecular flexibility index (Phi) is 6.52. The normalized spacial score (nSPS) is 10.3. The number of ether oxygens (including phenoxy) is 2. The van der Waals surface area contributed by atoms with Gasteiger partial charge >= 0.3 is 5.97 Å². The number of esters is 1. The molecule has 1 rings (SSSR count). The molecule has 0 heterocycles. The maximum Gasteiger partial charge on any atom is 0.338 e. The first-order valence-electron chi connectivity index (χ1n) is 6.89. The van der Waals surface area contributed by atoms with Crippen LogP contribution in [-0.2, 0) is 9.53 Å². The molecule has 1 aromatic carbocycles. The average Bonchev–Trinajstić information content (AvgIpc) is 2.42. The van der Waals surface area contributed by atoms with E-state index < -0.39 is 5.97 Å². The topological polar surface area (TPSA) is 90.7 Å². The lowest BCUT2D eigenvalue weighted by Gasteiger charge is -2.10. The first-order chi connectivity index (χ1) is 9.92. The number of rotatable bonds is 7. The zero-order valence-electron chi connectivity index (χ0n) is 12.6. The summed E-state index contributed by atoms with van der Waals surface area (Å²) in [6.45, 7) is 6.49. The van der Waals surface area contributed by atoms with Crippen molar-refractivity contribution >= 4 is 17.6 Å². The van der Waals surface area contributed by atoms with E-state index in [2.05, 4.69) is 5.32 Å². The Labute approximate surface area is 124 Å². The van der Waals surface area contributed by atoms with Gasteiger partial charge < -0.3 is 20.5 Å². The third-order valence-electron chi connectivity index (χ3n) is 2.52. The average molecular weight is 294 g/mol. The lowest BCUT2D eigenvalue weighted by Crippen LogP contribution is -2.31. The highest BCUT2D eigenvalue weighted by atomic mass is 16.5. The van der Waals surface area contributed by atoms with Crippen LogP contribution in [0.5, 0.6) is 5.75 Å². The summed E-state index contributed by atoms with van der Waals surface area (Å²) in [6, 6.07) is 4.64. The van der Waals surface area contributed by atoms with Crippen LogP contribution in [0, 0.1) is 5.92 Å². The van der Waals surface area contributed by atoms with Gasteiger partial charge in [0.25, 0.3) is 5.91 Å². The predicted octanol–water partition coefficient (Wildman–Crippen LogP) is 1.60. The zero-order valence-corrected chi connectivity index (χ0v) is 12.6.